The molecule has 9 nitrogen and oxygen atoms in total. The number of aryl methyl sites for hydroxylation is 1. The molecule has 0 aliphatic carbocycles. The molecule has 27 heavy (non-hydrogen) atoms. The lowest BCUT2D eigenvalue weighted by atomic mass is 10.0. The number of carbonyl (C=O) groups excluding carboxylic acids is 2. The Kier molecular flexibility index (Phi) is 5.80. The van der Waals surface area contributed by atoms with Crippen molar-refractivity contribution in [2.24, 2.45) is 5.92 Å². The molecule has 1 saturated heterocycles. The van der Waals surface area contributed by atoms with Gasteiger partial charge in [-0.05, 0) is 43.9 Å². The highest BCUT2D eigenvalue weighted by Crippen LogP contribution is 2.23. The van der Waals surface area contributed by atoms with Gasteiger partial charge in [0.25, 0.3) is 5.91 Å². The number of nitrogens with one attached hydrogen (secondary N) is 4. The summed E-state index contributed by atoms with van der Waals surface area (Å²) in [6.07, 6.45) is 1.77. The van der Waals surface area contributed by atoms with Crippen LogP contribution in [0.15, 0.2) is 18.2 Å². The van der Waals surface area contributed by atoms with Gasteiger partial charge in [-0.25, -0.2) is 0 Å². The minimum Gasteiger partial charge on any atom is -0.342 e. The number of aromatic amines is 1. The molecule has 9 heteroatoms. The van der Waals surface area contributed by atoms with E-state index in [0.29, 0.717) is 17.1 Å². The summed E-state index contributed by atoms with van der Waals surface area (Å²) in [6, 6.07) is 4.80. The molecule has 3 rings (SSSR count). The molecule has 0 saturated carbocycles. The second-order valence-corrected chi connectivity index (χ2v) is 7.10. The van der Waals surface area contributed by atoms with Crippen LogP contribution in [0.1, 0.15) is 54.5 Å². The molecule has 2 atom stereocenters. The molecule has 2 amide bonds. The smallest absolute Gasteiger partial charge is 0.254 e. The lowest BCUT2D eigenvalue weighted by molar-refractivity contribution is -0.117. The Morgan fingerprint density at radius 1 is 1.30 bits per heavy atom. The average Bonchev–Trinajstić information content (AvgIpc) is 3.33. The maximum Gasteiger partial charge on any atom is 0.254 e. The average molecular weight is 371 g/mol. The molecule has 1 aromatic carbocycles. The van der Waals surface area contributed by atoms with Crippen LogP contribution in [0.5, 0.6) is 0 Å². The number of hydrogen-bond acceptors (Lipinski definition) is 6. The van der Waals surface area contributed by atoms with Crippen LogP contribution >= 0.6 is 0 Å². The van der Waals surface area contributed by atoms with Crippen molar-refractivity contribution in [2.45, 2.75) is 45.7 Å². The number of tetrazole rings is 1. The predicted octanol–water partition coefficient (Wildman–Crippen LogP) is 1.33. The maximum absolute atomic E-state index is 13.0. The number of amides is 2. The zero-order chi connectivity index (χ0) is 19.4. The first-order valence-corrected chi connectivity index (χ1v) is 9.15. The number of benzene rings is 1. The molecule has 1 aromatic heterocycles. The van der Waals surface area contributed by atoms with E-state index in [2.05, 4.69) is 36.6 Å². The fourth-order valence-corrected chi connectivity index (χ4v) is 3.25. The molecule has 2 unspecified atom stereocenters. The summed E-state index contributed by atoms with van der Waals surface area (Å²) < 4.78 is 0. The molecular weight excluding hydrogens is 346 g/mol. The highest BCUT2D eigenvalue weighted by Gasteiger charge is 2.27. The van der Waals surface area contributed by atoms with Crippen LogP contribution in [-0.4, -0.2) is 45.0 Å². The lowest BCUT2D eigenvalue weighted by Crippen LogP contribution is -2.37. The van der Waals surface area contributed by atoms with Crippen LogP contribution in [0.25, 0.3) is 0 Å². The summed E-state index contributed by atoms with van der Waals surface area (Å²) in [6.45, 7) is 6.61. The third-order valence-electron chi connectivity index (χ3n) is 4.73. The van der Waals surface area contributed by atoms with Crippen LogP contribution < -0.4 is 16.0 Å². The number of aromatic nitrogens is 4. The van der Waals surface area contributed by atoms with Gasteiger partial charge in [0, 0.05) is 0 Å². The van der Waals surface area contributed by atoms with Crippen molar-refractivity contribution in [3.8, 4) is 0 Å². The minimum atomic E-state index is -0.393. The van der Waals surface area contributed by atoms with E-state index in [1.807, 2.05) is 32.9 Å². The highest BCUT2D eigenvalue weighted by atomic mass is 16.2. The third kappa shape index (κ3) is 4.30. The van der Waals surface area contributed by atoms with Gasteiger partial charge in [0.2, 0.25) is 5.91 Å². The summed E-state index contributed by atoms with van der Waals surface area (Å²) in [5, 5.41) is 23.0. The van der Waals surface area contributed by atoms with E-state index in [-0.39, 0.29) is 23.8 Å². The van der Waals surface area contributed by atoms with Crippen LogP contribution in [0, 0.1) is 12.8 Å². The topological polar surface area (TPSA) is 125 Å². The van der Waals surface area contributed by atoms with E-state index in [9.17, 15) is 9.59 Å². The molecule has 0 radical (unpaired) electrons. The number of nitrogens with zero attached hydrogens (tertiary/aromatic N) is 3. The lowest BCUT2D eigenvalue weighted by Gasteiger charge is -2.21. The van der Waals surface area contributed by atoms with E-state index in [0.717, 1.165) is 24.9 Å². The molecule has 2 heterocycles. The summed E-state index contributed by atoms with van der Waals surface area (Å²) in [5.41, 5.74) is 1.72. The van der Waals surface area contributed by atoms with Crippen LogP contribution in [0.4, 0.5) is 5.69 Å². The first-order valence-electron chi connectivity index (χ1n) is 9.15. The van der Waals surface area contributed by atoms with E-state index < -0.39 is 6.04 Å². The van der Waals surface area contributed by atoms with Crippen molar-refractivity contribution >= 4 is 17.5 Å². The number of hydrogen-bond donors (Lipinski definition) is 4. The molecule has 1 aliphatic heterocycles. The van der Waals surface area contributed by atoms with Crippen molar-refractivity contribution in [3.63, 3.8) is 0 Å². The van der Waals surface area contributed by atoms with Gasteiger partial charge in [0.15, 0.2) is 5.82 Å². The van der Waals surface area contributed by atoms with Crippen molar-refractivity contribution in [1.29, 1.82) is 0 Å². The fourth-order valence-electron chi connectivity index (χ4n) is 3.25. The summed E-state index contributed by atoms with van der Waals surface area (Å²) in [7, 11) is 0. The van der Waals surface area contributed by atoms with Gasteiger partial charge >= 0.3 is 0 Å². The minimum absolute atomic E-state index is 0.0660. The normalized spacial score (nSPS) is 17.7. The van der Waals surface area contributed by atoms with E-state index >= 15 is 0 Å². The summed E-state index contributed by atoms with van der Waals surface area (Å²) >= 11 is 0. The Morgan fingerprint density at radius 3 is 2.74 bits per heavy atom. The Bertz CT molecular complexity index is 798. The van der Waals surface area contributed by atoms with Gasteiger partial charge in [0.05, 0.1) is 23.3 Å². The molecule has 0 spiro atoms. The molecule has 2 aromatic rings. The number of H-pyrrole nitrogens is 1. The largest absolute Gasteiger partial charge is 0.342 e. The number of anilines is 1. The Labute approximate surface area is 157 Å². The highest BCUT2D eigenvalue weighted by molar-refractivity contribution is 6.06. The van der Waals surface area contributed by atoms with E-state index in [4.69, 9.17) is 0 Å². The molecular formula is C18H25N7O2. The third-order valence-corrected chi connectivity index (χ3v) is 4.73. The molecule has 1 aliphatic rings. The van der Waals surface area contributed by atoms with Crippen molar-refractivity contribution in [3.05, 3.63) is 35.2 Å². The van der Waals surface area contributed by atoms with Crippen LogP contribution in [0.2, 0.25) is 0 Å². The monoisotopic (exact) mass is 371 g/mol. The zero-order valence-corrected chi connectivity index (χ0v) is 15.7. The van der Waals surface area contributed by atoms with E-state index in [1.54, 1.807) is 6.07 Å². The molecule has 144 valence electrons. The second-order valence-electron chi connectivity index (χ2n) is 7.10. The zero-order valence-electron chi connectivity index (χ0n) is 15.7. The predicted molar refractivity (Wildman–Crippen MR) is 100 cm³/mol. The van der Waals surface area contributed by atoms with Gasteiger partial charge in [0.1, 0.15) is 0 Å². The van der Waals surface area contributed by atoms with Gasteiger partial charge in [-0.1, -0.05) is 31.2 Å². The number of rotatable bonds is 6. The van der Waals surface area contributed by atoms with Crippen LogP contribution in [0.3, 0.4) is 0 Å². The first-order chi connectivity index (χ1) is 13.0. The number of carbonyl (C=O) groups is 2. The summed E-state index contributed by atoms with van der Waals surface area (Å²) in [4.78, 5) is 25.5. The Hall–Kier alpha value is -2.81. The Morgan fingerprint density at radius 2 is 2.11 bits per heavy atom. The fraction of sp³-hybridized carbons (Fsp3) is 0.500. The molecule has 4 N–H and O–H groups in total. The SMILES string of the molecule is Cc1cccc(NC(=O)C2CCCN2)c1C(=O)NC(c1nn[nH]n1)C(C)C. The Balaban J connectivity index is 1.82. The maximum atomic E-state index is 13.0. The standard InChI is InChI=1S/C18H25N7O2/c1-10(2)15(16-22-24-25-23-16)21-18(27)14-11(3)6-4-7-12(14)20-17(26)13-8-5-9-19-13/h4,6-7,10,13,15,19H,5,8-9H2,1-3H3,(H,20,26)(H,21,27)(H,22,23,24,25). The van der Waals surface area contributed by atoms with Gasteiger partial charge < -0.3 is 16.0 Å². The second kappa shape index (κ2) is 8.26. The first kappa shape index (κ1) is 19.0. The van der Waals surface area contributed by atoms with Gasteiger partial charge in [-0.15, -0.1) is 10.2 Å². The summed E-state index contributed by atoms with van der Waals surface area (Å²) in [5.74, 6) is 0.0842. The van der Waals surface area contributed by atoms with Crippen molar-refractivity contribution < 1.29 is 9.59 Å². The van der Waals surface area contributed by atoms with Crippen molar-refractivity contribution in [2.75, 3.05) is 11.9 Å². The van der Waals surface area contributed by atoms with Gasteiger partial charge in [-0.2, -0.15) is 5.21 Å². The quantitative estimate of drug-likeness (QED) is 0.607. The molecule has 0 bridgehead atoms. The van der Waals surface area contributed by atoms with E-state index in [1.165, 1.54) is 0 Å². The van der Waals surface area contributed by atoms with Crippen molar-refractivity contribution in [1.82, 2.24) is 31.3 Å². The van der Waals surface area contributed by atoms with Gasteiger partial charge in [-0.3, -0.25) is 9.59 Å². The van der Waals surface area contributed by atoms with Crippen LogP contribution in [-0.2, 0) is 4.79 Å². The molecule has 1 fully saturated rings.